The third-order valence-corrected chi connectivity index (χ3v) is 3.36. The van der Waals surface area contributed by atoms with Gasteiger partial charge in [0.1, 0.15) is 6.10 Å². The van der Waals surface area contributed by atoms with E-state index >= 15 is 0 Å². The number of aliphatic hydroxyl groups excluding tert-OH is 2. The van der Waals surface area contributed by atoms with Crippen LogP contribution in [0.3, 0.4) is 0 Å². The van der Waals surface area contributed by atoms with Crippen molar-refractivity contribution in [3.8, 4) is 0 Å². The summed E-state index contributed by atoms with van der Waals surface area (Å²) in [5.74, 6) is -0.365. The summed E-state index contributed by atoms with van der Waals surface area (Å²) >= 11 is 3.94. The van der Waals surface area contributed by atoms with E-state index in [-0.39, 0.29) is 5.75 Å². The monoisotopic (exact) mass is 281 g/mol. The molecule has 1 heterocycles. The minimum atomic E-state index is -1.10. The van der Waals surface area contributed by atoms with Crippen LogP contribution < -0.4 is 0 Å². The van der Waals surface area contributed by atoms with Crippen molar-refractivity contribution in [2.45, 2.75) is 12.2 Å². The lowest BCUT2D eigenvalue weighted by Crippen LogP contribution is -2.20. The summed E-state index contributed by atoms with van der Waals surface area (Å²) in [5, 5.41) is 20.3. The van der Waals surface area contributed by atoms with Gasteiger partial charge in [0.2, 0.25) is 0 Å². The number of benzene rings is 1. The molecule has 3 N–H and O–H groups in total. The summed E-state index contributed by atoms with van der Waals surface area (Å²) in [5.41, 5.74) is 1.49. The topological polar surface area (TPSA) is 82.6 Å². The van der Waals surface area contributed by atoms with Crippen LogP contribution in [0.2, 0.25) is 0 Å². The summed E-state index contributed by atoms with van der Waals surface area (Å²) in [7, 11) is 1.30. The molecule has 2 rings (SSSR count). The van der Waals surface area contributed by atoms with Crippen LogP contribution in [-0.2, 0) is 4.74 Å². The number of hydrogen-bond acceptors (Lipinski definition) is 5. The third kappa shape index (κ3) is 2.60. The lowest BCUT2D eigenvalue weighted by Gasteiger charge is -2.17. The molecular weight excluding hydrogens is 266 g/mol. The van der Waals surface area contributed by atoms with Crippen LogP contribution in [0, 0.1) is 0 Å². The van der Waals surface area contributed by atoms with Crippen molar-refractivity contribution in [1.82, 2.24) is 4.98 Å². The number of aliphatic hydroxyl groups is 2. The number of methoxy groups -OCH3 is 1. The second kappa shape index (κ2) is 5.64. The summed E-state index contributed by atoms with van der Waals surface area (Å²) in [6.45, 7) is 0. The number of nitrogens with one attached hydrogen (secondary N) is 1. The lowest BCUT2D eigenvalue weighted by atomic mass is 10.00. The number of esters is 1. The van der Waals surface area contributed by atoms with Crippen LogP contribution in [-0.4, -0.2) is 40.1 Å². The number of carbonyl (C=O) groups is 1. The number of ether oxygens (including phenoxy) is 1. The first kappa shape index (κ1) is 13.9. The third-order valence-electron chi connectivity index (χ3n) is 2.99. The minimum absolute atomic E-state index is 0.123. The average Bonchev–Trinajstić information content (AvgIpc) is 2.91. The highest BCUT2D eigenvalue weighted by Crippen LogP contribution is 2.26. The molecule has 0 bridgehead atoms. The molecule has 1 aromatic heterocycles. The number of hydrogen-bond donors (Lipinski definition) is 4. The molecule has 0 amide bonds. The van der Waals surface area contributed by atoms with E-state index in [4.69, 9.17) is 4.74 Å². The van der Waals surface area contributed by atoms with E-state index < -0.39 is 18.2 Å². The average molecular weight is 281 g/mol. The Labute approximate surface area is 115 Å². The maximum absolute atomic E-state index is 11.7. The fraction of sp³-hybridized carbons (Fsp3) is 0.308. The number of aromatic nitrogens is 1. The number of thiol groups is 1. The second-order valence-corrected chi connectivity index (χ2v) is 4.56. The molecule has 2 atom stereocenters. The molecular formula is C13H15NO4S. The SMILES string of the molecule is COC(=O)c1cc(C(O)C(O)CS)cc2[nH]ccc12. The van der Waals surface area contributed by atoms with Crippen molar-refractivity contribution >= 4 is 29.5 Å². The first-order chi connectivity index (χ1) is 9.08. The summed E-state index contributed by atoms with van der Waals surface area (Å²) < 4.78 is 4.72. The van der Waals surface area contributed by atoms with Gasteiger partial charge in [-0.05, 0) is 23.8 Å². The van der Waals surface area contributed by atoms with E-state index in [1.807, 2.05) is 0 Å². The molecule has 6 heteroatoms. The van der Waals surface area contributed by atoms with Crippen molar-refractivity contribution in [1.29, 1.82) is 0 Å². The first-order valence-corrected chi connectivity index (χ1v) is 6.38. The summed E-state index contributed by atoms with van der Waals surface area (Å²) in [4.78, 5) is 14.7. The number of aromatic amines is 1. The molecule has 5 nitrogen and oxygen atoms in total. The highest BCUT2D eigenvalue weighted by Gasteiger charge is 2.21. The summed E-state index contributed by atoms with van der Waals surface area (Å²) in [6, 6.07) is 4.98. The number of H-pyrrole nitrogens is 1. The van der Waals surface area contributed by atoms with Crippen LogP contribution in [0.15, 0.2) is 24.4 Å². The van der Waals surface area contributed by atoms with Crippen LogP contribution in [0.1, 0.15) is 22.0 Å². The van der Waals surface area contributed by atoms with Gasteiger partial charge in [-0.1, -0.05) is 0 Å². The number of fused-ring (bicyclic) bond motifs is 1. The Bertz CT molecular complexity index is 595. The van der Waals surface area contributed by atoms with Gasteiger partial charge < -0.3 is 19.9 Å². The largest absolute Gasteiger partial charge is 0.465 e. The molecule has 102 valence electrons. The normalized spacial score (nSPS) is 14.3. The highest BCUT2D eigenvalue weighted by molar-refractivity contribution is 7.80. The Morgan fingerprint density at radius 1 is 1.47 bits per heavy atom. The van der Waals surface area contributed by atoms with Gasteiger partial charge in [0.15, 0.2) is 0 Å². The fourth-order valence-corrected chi connectivity index (χ4v) is 2.16. The minimum Gasteiger partial charge on any atom is -0.465 e. The zero-order chi connectivity index (χ0) is 14.0. The molecule has 1 aromatic carbocycles. The molecule has 0 aliphatic rings. The van der Waals surface area contributed by atoms with Crippen LogP contribution in [0.5, 0.6) is 0 Å². The predicted octanol–water partition coefficient (Wildman–Crippen LogP) is 1.28. The van der Waals surface area contributed by atoms with Gasteiger partial charge in [-0.15, -0.1) is 0 Å². The van der Waals surface area contributed by atoms with Gasteiger partial charge >= 0.3 is 5.97 Å². The van der Waals surface area contributed by atoms with Crippen LogP contribution in [0.25, 0.3) is 10.9 Å². The van der Waals surface area contributed by atoms with Crippen LogP contribution >= 0.6 is 12.6 Å². The predicted molar refractivity (Wildman–Crippen MR) is 74.5 cm³/mol. The first-order valence-electron chi connectivity index (χ1n) is 5.74. The second-order valence-electron chi connectivity index (χ2n) is 4.19. The maximum atomic E-state index is 11.7. The molecule has 0 aliphatic carbocycles. The number of rotatable bonds is 4. The maximum Gasteiger partial charge on any atom is 0.338 e. The Hall–Kier alpha value is -1.50. The van der Waals surface area contributed by atoms with Crippen molar-refractivity contribution in [2.24, 2.45) is 0 Å². The van der Waals surface area contributed by atoms with Gasteiger partial charge in [0.25, 0.3) is 0 Å². The zero-order valence-electron chi connectivity index (χ0n) is 10.3. The Balaban J connectivity index is 2.54. The van der Waals surface area contributed by atoms with E-state index in [1.165, 1.54) is 13.2 Å². The molecule has 19 heavy (non-hydrogen) atoms. The smallest absolute Gasteiger partial charge is 0.338 e. The van der Waals surface area contributed by atoms with E-state index in [0.717, 1.165) is 0 Å². The van der Waals surface area contributed by atoms with Gasteiger partial charge in [0, 0.05) is 22.9 Å². The van der Waals surface area contributed by atoms with Gasteiger partial charge in [0.05, 0.1) is 18.8 Å². The summed E-state index contributed by atoms with van der Waals surface area (Å²) in [6.07, 6.45) is -0.405. The quantitative estimate of drug-likeness (QED) is 0.502. The van der Waals surface area contributed by atoms with Gasteiger partial charge in [-0.3, -0.25) is 0 Å². The molecule has 0 spiro atoms. The van der Waals surface area contributed by atoms with Crippen molar-refractivity contribution < 1.29 is 19.7 Å². The lowest BCUT2D eigenvalue weighted by molar-refractivity contribution is 0.0337. The molecule has 2 unspecified atom stereocenters. The van der Waals surface area contributed by atoms with Gasteiger partial charge in [-0.2, -0.15) is 12.6 Å². The van der Waals surface area contributed by atoms with Crippen molar-refractivity contribution in [3.63, 3.8) is 0 Å². The Morgan fingerprint density at radius 3 is 2.84 bits per heavy atom. The zero-order valence-corrected chi connectivity index (χ0v) is 11.2. The number of carbonyl (C=O) groups excluding carboxylic acids is 1. The van der Waals surface area contributed by atoms with E-state index in [2.05, 4.69) is 17.6 Å². The Kier molecular flexibility index (Phi) is 4.14. The fourth-order valence-electron chi connectivity index (χ4n) is 1.96. The van der Waals surface area contributed by atoms with Crippen molar-refractivity contribution in [2.75, 3.05) is 12.9 Å². The van der Waals surface area contributed by atoms with Gasteiger partial charge in [-0.25, -0.2) is 4.79 Å². The highest BCUT2D eigenvalue weighted by atomic mass is 32.1. The molecule has 0 fully saturated rings. The molecule has 0 aliphatic heterocycles. The van der Waals surface area contributed by atoms with E-state index in [9.17, 15) is 15.0 Å². The van der Waals surface area contributed by atoms with Crippen LogP contribution in [0.4, 0.5) is 0 Å². The van der Waals surface area contributed by atoms with E-state index in [1.54, 1.807) is 18.3 Å². The molecule has 2 aromatic rings. The Morgan fingerprint density at radius 2 is 2.21 bits per heavy atom. The molecule has 0 saturated carbocycles. The van der Waals surface area contributed by atoms with E-state index in [0.29, 0.717) is 22.0 Å². The molecule has 0 radical (unpaired) electrons. The van der Waals surface area contributed by atoms with Crippen molar-refractivity contribution in [3.05, 3.63) is 35.5 Å². The molecule has 0 saturated heterocycles. The standard InChI is InChI=1S/C13H15NO4S/c1-18-13(17)9-4-7(12(16)11(15)6-19)5-10-8(9)2-3-14-10/h2-5,11-12,14-16,19H,6H2,1H3.